The van der Waals surface area contributed by atoms with E-state index >= 15 is 0 Å². The first-order valence-corrected chi connectivity index (χ1v) is 9.37. The first-order valence-electron chi connectivity index (χ1n) is 7.52. The SMILES string of the molecule is CS(=O)(=O)N1CCCC(CC(=O)C2(O)CCCCC2)C1. The summed E-state index contributed by atoms with van der Waals surface area (Å²) in [4.78, 5) is 12.3. The van der Waals surface area contributed by atoms with E-state index in [1.807, 2.05) is 0 Å². The van der Waals surface area contributed by atoms with Gasteiger partial charge >= 0.3 is 0 Å². The molecule has 0 amide bonds. The molecule has 0 bridgehead atoms. The normalized spacial score (nSPS) is 28.2. The number of Topliss-reactive ketones (excluding diaryl/α,β-unsaturated/α-hetero) is 1. The molecular formula is C14H25NO4S. The first-order chi connectivity index (χ1) is 9.31. The van der Waals surface area contributed by atoms with E-state index in [9.17, 15) is 18.3 Å². The zero-order chi connectivity index (χ0) is 14.8. The third-order valence-corrected chi connectivity index (χ3v) is 5.89. The zero-order valence-electron chi connectivity index (χ0n) is 12.2. The average molecular weight is 303 g/mol. The lowest BCUT2D eigenvalue weighted by Crippen LogP contribution is -2.44. The number of ketones is 1. The van der Waals surface area contributed by atoms with Crippen LogP contribution in [0.25, 0.3) is 0 Å². The number of carbonyl (C=O) groups excluding carboxylic acids is 1. The predicted molar refractivity (Wildman–Crippen MR) is 76.8 cm³/mol. The molecule has 20 heavy (non-hydrogen) atoms. The van der Waals surface area contributed by atoms with Gasteiger partial charge in [0.1, 0.15) is 5.60 Å². The molecule has 1 unspecified atom stereocenters. The second kappa shape index (κ2) is 6.12. The third-order valence-electron chi connectivity index (χ3n) is 4.62. The average Bonchev–Trinajstić information content (AvgIpc) is 2.39. The van der Waals surface area contributed by atoms with Crippen molar-refractivity contribution in [2.45, 2.75) is 57.0 Å². The van der Waals surface area contributed by atoms with Crippen molar-refractivity contribution in [3.8, 4) is 0 Å². The Balaban J connectivity index is 1.94. The van der Waals surface area contributed by atoms with Crippen LogP contribution in [-0.4, -0.2) is 48.6 Å². The van der Waals surface area contributed by atoms with E-state index in [1.54, 1.807) is 0 Å². The van der Waals surface area contributed by atoms with Gasteiger partial charge < -0.3 is 5.11 Å². The van der Waals surface area contributed by atoms with E-state index in [2.05, 4.69) is 0 Å². The Bertz CT molecular complexity index is 454. The molecule has 5 nitrogen and oxygen atoms in total. The highest BCUT2D eigenvalue weighted by molar-refractivity contribution is 7.88. The lowest BCUT2D eigenvalue weighted by molar-refractivity contribution is -0.141. The molecular weight excluding hydrogens is 278 g/mol. The molecule has 0 aromatic carbocycles. The predicted octanol–water partition coefficient (Wildman–Crippen LogP) is 1.31. The van der Waals surface area contributed by atoms with E-state index in [4.69, 9.17) is 0 Å². The van der Waals surface area contributed by atoms with Crippen LogP contribution < -0.4 is 0 Å². The molecule has 1 aliphatic heterocycles. The Kier molecular flexibility index (Phi) is 4.87. The van der Waals surface area contributed by atoms with Gasteiger partial charge in [0.25, 0.3) is 0 Å². The largest absolute Gasteiger partial charge is 0.382 e. The molecule has 2 aliphatic rings. The van der Waals surface area contributed by atoms with E-state index in [0.29, 0.717) is 32.4 Å². The maximum Gasteiger partial charge on any atom is 0.211 e. The van der Waals surface area contributed by atoms with Crippen LogP contribution in [0.15, 0.2) is 0 Å². The van der Waals surface area contributed by atoms with Crippen molar-refractivity contribution >= 4 is 15.8 Å². The van der Waals surface area contributed by atoms with Crippen molar-refractivity contribution in [1.82, 2.24) is 4.31 Å². The van der Waals surface area contributed by atoms with E-state index in [-0.39, 0.29) is 11.7 Å². The first kappa shape index (κ1) is 15.9. The Labute approximate surface area is 121 Å². The summed E-state index contributed by atoms with van der Waals surface area (Å²) in [6.07, 6.45) is 7.21. The lowest BCUT2D eigenvalue weighted by atomic mass is 9.78. The minimum atomic E-state index is -3.18. The molecule has 2 fully saturated rings. The van der Waals surface area contributed by atoms with Crippen molar-refractivity contribution in [2.24, 2.45) is 5.92 Å². The van der Waals surface area contributed by atoms with Crippen molar-refractivity contribution in [3.63, 3.8) is 0 Å². The number of aliphatic hydroxyl groups is 1. The zero-order valence-corrected chi connectivity index (χ0v) is 13.0. The highest BCUT2D eigenvalue weighted by atomic mass is 32.2. The monoisotopic (exact) mass is 303 g/mol. The molecule has 1 N–H and O–H groups in total. The standard InChI is InChI=1S/C14H25NO4S/c1-20(18,19)15-9-5-6-12(11-15)10-13(16)14(17)7-3-2-4-8-14/h12,17H,2-11H2,1H3. The van der Waals surface area contributed by atoms with E-state index in [0.717, 1.165) is 32.1 Å². The van der Waals surface area contributed by atoms with Gasteiger partial charge in [-0.25, -0.2) is 12.7 Å². The van der Waals surface area contributed by atoms with Crippen molar-refractivity contribution in [2.75, 3.05) is 19.3 Å². The second-order valence-corrected chi connectivity index (χ2v) is 8.33. The number of hydrogen-bond acceptors (Lipinski definition) is 4. The van der Waals surface area contributed by atoms with Gasteiger partial charge in [-0.2, -0.15) is 0 Å². The lowest BCUT2D eigenvalue weighted by Gasteiger charge is -2.34. The van der Waals surface area contributed by atoms with Gasteiger partial charge in [-0.3, -0.25) is 4.79 Å². The van der Waals surface area contributed by atoms with Crippen LogP contribution in [0.4, 0.5) is 0 Å². The molecule has 0 radical (unpaired) electrons. The summed E-state index contributed by atoms with van der Waals surface area (Å²) in [5, 5.41) is 10.4. The van der Waals surface area contributed by atoms with E-state index < -0.39 is 15.6 Å². The van der Waals surface area contributed by atoms with Gasteiger partial charge in [-0.05, 0) is 31.6 Å². The smallest absolute Gasteiger partial charge is 0.211 e. The number of hydrogen-bond donors (Lipinski definition) is 1. The molecule has 1 atom stereocenters. The summed E-state index contributed by atoms with van der Waals surface area (Å²) in [6.45, 7) is 0.967. The fraction of sp³-hybridized carbons (Fsp3) is 0.929. The Morgan fingerprint density at radius 3 is 2.50 bits per heavy atom. The van der Waals surface area contributed by atoms with Crippen molar-refractivity contribution in [3.05, 3.63) is 0 Å². The maximum atomic E-state index is 12.3. The minimum absolute atomic E-state index is 0.0527. The van der Waals surface area contributed by atoms with Crippen molar-refractivity contribution < 1.29 is 18.3 Å². The van der Waals surface area contributed by atoms with Crippen LogP contribution >= 0.6 is 0 Å². The molecule has 116 valence electrons. The van der Waals surface area contributed by atoms with Crippen molar-refractivity contribution in [1.29, 1.82) is 0 Å². The summed E-state index contributed by atoms with van der Waals surface area (Å²) < 4.78 is 24.6. The summed E-state index contributed by atoms with van der Waals surface area (Å²) in [5.41, 5.74) is -1.15. The molecule has 1 saturated heterocycles. The molecule has 6 heteroatoms. The summed E-state index contributed by atoms with van der Waals surface area (Å²) in [6, 6.07) is 0. The fourth-order valence-corrected chi connectivity index (χ4v) is 4.30. The van der Waals surface area contributed by atoms with Crippen LogP contribution in [0.5, 0.6) is 0 Å². The number of carbonyl (C=O) groups is 1. The van der Waals surface area contributed by atoms with Gasteiger partial charge in [-0.15, -0.1) is 0 Å². The Hall–Kier alpha value is -0.460. The number of nitrogens with zero attached hydrogens (tertiary/aromatic N) is 1. The number of rotatable bonds is 4. The third kappa shape index (κ3) is 3.80. The molecule has 1 saturated carbocycles. The molecule has 0 aromatic rings. The highest BCUT2D eigenvalue weighted by Gasteiger charge is 2.38. The van der Waals surface area contributed by atoms with Gasteiger partial charge in [0.15, 0.2) is 5.78 Å². The summed E-state index contributed by atoms with van der Waals surface area (Å²) in [7, 11) is -3.18. The summed E-state index contributed by atoms with van der Waals surface area (Å²) in [5.74, 6) is -0.0329. The topological polar surface area (TPSA) is 74.7 Å². The summed E-state index contributed by atoms with van der Waals surface area (Å²) >= 11 is 0. The van der Waals surface area contributed by atoms with Gasteiger partial charge in [0.2, 0.25) is 10.0 Å². The van der Waals surface area contributed by atoms with Crippen LogP contribution in [0.3, 0.4) is 0 Å². The van der Waals surface area contributed by atoms with Crippen LogP contribution in [-0.2, 0) is 14.8 Å². The van der Waals surface area contributed by atoms with E-state index in [1.165, 1.54) is 10.6 Å². The fourth-order valence-electron chi connectivity index (χ4n) is 3.36. The molecule has 0 aromatic heterocycles. The molecule has 2 rings (SSSR count). The molecule has 1 heterocycles. The maximum absolute atomic E-state index is 12.3. The second-order valence-electron chi connectivity index (χ2n) is 6.35. The highest BCUT2D eigenvalue weighted by Crippen LogP contribution is 2.32. The van der Waals surface area contributed by atoms with Gasteiger partial charge in [-0.1, -0.05) is 19.3 Å². The van der Waals surface area contributed by atoms with Crippen LogP contribution in [0.2, 0.25) is 0 Å². The molecule has 0 spiro atoms. The Morgan fingerprint density at radius 1 is 1.25 bits per heavy atom. The Morgan fingerprint density at radius 2 is 1.90 bits per heavy atom. The van der Waals surface area contributed by atoms with Crippen LogP contribution in [0.1, 0.15) is 51.4 Å². The minimum Gasteiger partial charge on any atom is -0.382 e. The van der Waals surface area contributed by atoms with Crippen LogP contribution in [0, 0.1) is 5.92 Å². The van der Waals surface area contributed by atoms with Gasteiger partial charge in [0.05, 0.1) is 6.26 Å². The number of sulfonamides is 1. The molecule has 1 aliphatic carbocycles. The number of piperidine rings is 1. The quantitative estimate of drug-likeness (QED) is 0.850. The van der Waals surface area contributed by atoms with Gasteiger partial charge in [0, 0.05) is 19.5 Å².